The number of hydrogen-bond donors (Lipinski definition) is 2. The van der Waals surface area contributed by atoms with Gasteiger partial charge in [0.2, 0.25) is 0 Å². The molecule has 1 heterocycles. The predicted molar refractivity (Wildman–Crippen MR) is 83.3 cm³/mol. The molecule has 0 amide bonds. The van der Waals surface area contributed by atoms with Crippen molar-refractivity contribution in [1.82, 2.24) is 9.97 Å². The summed E-state index contributed by atoms with van der Waals surface area (Å²) in [5.41, 5.74) is 7.49. The van der Waals surface area contributed by atoms with Gasteiger partial charge in [-0.15, -0.1) is 0 Å². The Morgan fingerprint density at radius 2 is 1.86 bits per heavy atom. The van der Waals surface area contributed by atoms with Crippen molar-refractivity contribution in [3.05, 3.63) is 36.2 Å². The van der Waals surface area contributed by atoms with Gasteiger partial charge in [-0.2, -0.15) is 0 Å². The van der Waals surface area contributed by atoms with Crippen molar-refractivity contribution in [1.29, 1.82) is 0 Å². The summed E-state index contributed by atoms with van der Waals surface area (Å²) in [4.78, 5) is 8.48. The highest BCUT2D eigenvalue weighted by atomic mass is 32.2. The lowest BCUT2D eigenvalue weighted by Crippen LogP contribution is -2.05. The number of rotatable bonds is 5. The van der Waals surface area contributed by atoms with Gasteiger partial charge in [0.1, 0.15) is 18.0 Å². The van der Waals surface area contributed by atoms with Gasteiger partial charge in [-0.05, 0) is 30.7 Å². The third-order valence-corrected chi connectivity index (χ3v) is 4.15. The summed E-state index contributed by atoms with van der Waals surface area (Å²) in [5.74, 6) is 1.11. The largest absolute Gasteiger partial charge is 0.383 e. The number of nitrogens with one attached hydrogen (secondary N) is 1. The van der Waals surface area contributed by atoms with Crippen LogP contribution in [0.1, 0.15) is 18.9 Å². The van der Waals surface area contributed by atoms with Gasteiger partial charge in [0.05, 0.1) is 4.90 Å². The Morgan fingerprint density at radius 3 is 2.43 bits per heavy atom. The molecular formula is C14H18N4O2S. The van der Waals surface area contributed by atoms with Crippen LogP contribution in [0.4, 0.5) is 17.3 Å². The SMILES string of the molecule is CCCc1c(N)ncnc1Nc1ccc(S(C)(=O)=O)cc1. The number of hydrogen-bond acceptors (Lipinski definition) is 6. The van der Waals surface area contributed by atoms with Gasteiger partial charge in [-0.1, -0.05) is 13.3 Å². The maximum Gasteiger partial charge on any atom is 0.175 e. The topological polar surface area (TPSA) is 98.0 Å². The fourth-order valence-corrected chi connectivity index (χ4v) is 2.58. The smallest absolute Gasteiger partial charge is 0.175 e. The maximum atomic E-state index is 11.4. The molecule has 7 heteroatoms. The van der Waals surface area contributed by atoms with Crippen molar-refractivity contribution in [3.63, 3.8) is 0 Å². The Bertz CT molecular complexity index is 727. The molecule has 0 atom stereocenters. The van der Waals surface area contributed by atoms with E-state index in [-0.39, 0.29) is 4.90 Å². The normalized spacial score (nSPS) is 11.3. The van der Waals surface area contributed by atoms with E-state index in [4.69, 9.17) is 5.73 Å². The van der Waals surface area contributed by atoms with E-state index in [1.54, 1.807) is 24.3 Å². The van der Waals surface area contributed by atoms with Crippen LogP contribution in [0.2, 0.25) is 0 Å². The molecule has 0 aliphatic rings. The summed E-state index contributed by atoms with van der Waals surface area (Å²) in [6.07, 6.45) is 4.29. The lowest BCUT2D eigenvalue weighted by molar-refractivity contribution is 0.602. The first-order chi connectivity index (χ1) is 9.91. The molecular weight excluding hydrogens is 288 g/mol. The fraction of sp³-hybridized carbons (Fsp3) is 0.286. The van der Waals surface area contributed by atoms with Crippen molar-refractivity contribution in [2.24, 2.45) is 0 Å². The van der Waals surface area contributed by atoms with Crippen molar-refractivity contribution in [2.45, 2.75) is 24.7 Å². The summed E-state index contributed by atoms with van der Waals surface area (Å²) in [6, 6.07) is 6.51. The summed E-state index contributed by atoms with van der Waals surface area (Å²) in [5, 5.41) is 3.15. The molecule has 3 N–H and O–H groups in total. The third-order valence-electron chi connectivity index (χ3n) is 3.02. The molecule has 1 aromatic heterocycles. The lowest BCUT2D eigenvalue weighted by atomic mass is 10.1. The van der Waals surface area contributed by atoms with Crippen molar-refractivity contribution in [3.8, 4) is 0 Å². The first-order valence-electron chi connectivity index (χ1n) is 6.58. The first kappa shape index (κ1) is 15.2. The van der Waals surface area contributed by atoms with Crippen LogP contribution in [0, 0.1) is 0 Å². The minimum Gasteiger partial charge on any atom is -0.383 e. The molecule has 2 aromatic rings. The van der Waals surface area contributed by atoms with Crippen LogP contribution in [0.3, 0.4) is 0 Å². The zero-order chi connectivity index (χ0) is 15.5. The Morgan fingerprint density at radius 1 is 1.19 bits per heavy atom. The van der Waals surface area contributed by atoms with E-state index in [0.717, 1.165) is 24.1 Å². The van der Waals surface area contributed by atoms with Crippen LogP contribution in [0.5, 0.6) is 0 Å². The Labute approximate surface area is 124 Å². The highest BCUT2D eigenvalue weighted by molar-refractivity contribution is 7.90. The summed E-state index contributed by atoms with van der Waals surface area (Å²) >= 11 is 0. The zero-order valence-electron chi connectivity index (χ0n) is 12.0. The summed E-state index contributed by atoms with van der Waals surface area (Å²) < 4.78 is 22.9. The summed E-state index contributed by atoms with van der Waals surface area (Å²) in [6.45, 7) is 2.05. The van der Waals surface area contributed by atoms with E-state index < -0.39 is 9.84 Å². The van der Waals surface area contributed by atoms with Gasteiger partial charge in [0.25, 0.3) is 0 Å². The molecule has 0 bridgehead atoms. The number of nitrogens with zero attached hydrogens (tertiary/aromatic N) is 2. The molecule has 6 nitrogen and oxygen atoms in total. The molecule has 2 rings (SSSR count). The molecule has 0 saturated heterocycles. The van der Waals surface area contributed by atoms with E-state index in [1.165, 1.54) is 12.6 Å². The second kappa shape index (κ2) is 6.09. The Balaban J connectivity index is 2.28. The molecule has 0 aliphatic heterocycles. The van der Waals surface area contributed by atoms with Crippen molar-refractivity contribution in [2.75, 3.05) is 17.3 Å². The molecule has 0 spiro atoms. The zero-order valence-corrected chi connectivity index (χ0v) is 12.8. The second-order valence-electron chi connectivity index (χ2n) is 4.76. The predicted octanol–water partition coefficient (Wildman–Crippen LogP) is 2.16. The van der Waals surface area contributed by atoms with Crippen molar-refractivity contribution < 1.29 is 8.42 Å². The standard InChI is InChI=1S/C14H18N4O2S/c1-3-4-12-13(15)16-9-17-14(12)18-10-5-7-11(8-6-10)21(2,19)20/h5-9H,3-4H2,1-2H3,(H3,15,16,17,18). The number of nitrogens with two attached hydrogens (primary N) is 1. The highest BCUT2D eigenvalue weighted by Crippen LogP contribution is 2.23. The number of sulfone groups is 1. The van der Waals surface area contributed by atoms with Crippen LogP contribution >= 0.6 is 0 Å². The van der Waals surface area contributed by atoms with E-state index in [9.17, 15) is 8.42 Å². The average molecular weight is 306 g/mol. The van der Waals surface area contributed by atoms with Crippen LogP contribution in [-0.2, 0) is 16.3 Å². The Kier molecular flexibility index (Phi) is 4.42. The highest BCUT2D eigenvalue weighted by Gasteiger charge is 2.10. The van der Waals surface area contributed by atoms with E-state index in [1.807, 2.05) is 0 Å². The quantitative estimate of drug-likeness (QED) is 0.878. The molecule has 112 valence electrons. The van der Waals surface area contributed by atoms with Crippen molar-refractivity contribution >= 4 is 27.2 Å². The monoisotopic (exact) mass is 306 g/mol. The van der Waals surface area contributed by atoms with Crippen LogP contribution in [-0.4, -0.2) is 24.6 Å². The molecule has 0 unspecified atom stereocenters. The molecule has 0 aliphatic carbocycles. The van der Waals surface area contributed by atoms with E-state index in [0.29, 0.717) is 11.6 Å². The van der Waals surface area contributed by atoms with Crippen LogP contribution in [0.25, 0.3) is 0 Å². The van der Waals surface area contributed by atoms with Gasteiger partial charge in [0.15, 0.2) is 9.84 Å². The van der Waals surface area contributed by atoms with E-state index in [2.05, 4.69) is 22.2 Å². The fourth-order valence-electron chi connectivity index (χ4n) is 1.95. The minimum absolute atomic E-state index is 0.282. The van der Waals surface area contributed by atoms with Gasteiger partial charge >= 0.3 is 0 Å². The van der Waals surface area contributed by atoms with Gasteiger partial charge in [-0.3, -0.25) is 0 Å². The van der Waals surface area contributed by atoms with Crippen LogP contribution < -0.4 is 11.1 Å². The molecule has 1 aromatic carbocycles. The van der Waals surface area contributed by atoms with E-state index >= 15 is 0 Å². The van der Waals surface area contributed by atoms with Gasteiger partial charge < -0.3 is 11.1 Å². The van der Waals surface area contributed by atoms with Crippen LogP contribution in [0.15, 0.2) is 35.5 Å². The number of benzene rings is 1. The number of aromatic nitrogens is 2. The summed E-state index contributed by atoms with van der Waals surface area (Å²) in [7, 11) is -3.19. The second-order valence-corrected chi connectivity index (χ2v) is 6.77. The molecule has 21 heavy (non-hydrogen) atoms. The Hall–Kier alpha value is -2.15. The first-order valence-corrected chi connectivity index (χ1v) is 8.47. The van der Waals surface area contributed by atoms with Gasteiger partial charge in [0, 0.05) is 17.5 Å². The molecule has 0 fully saturated rings. The number of nitrogen functional groups attached to an aromatic ring is 1. The number of anilines is 3. The maximum absolute atomic E-state index is 11.4. The van der Waals surface area contributed by atoms with Gasteiger partial charge in [-0.25, -0.2) is 18.4 Å². The lowest BCUT2D eigenvalue weighted by Gasteiger charge is -2.12. The average Bonchev–Trinajstić information content (AvgIpc) is 2.42. The molecule has 0 radical (unpaired) electrons. The minimum atomic E-state index is -3.19. The molecule has 0 saturated carbocycles. The third kappa shape index (κ3) is 3.69.